The topological polar surface area (TPSA) is 179 Å². The molecular weight excluding hydrogens is 532 g/mol. The van der Waals surface area contributed by atoms with Crippen molar-refractivity contribution in [1.29, 1.82) is 0 Å². The highest BCUT2D eigenvalue weighted by atomic mass is 32.2. The minimum absolute atomic E-state index is 0.117. The lowest BCUT2D eigenvalue weighted by Crippen LogP contribution is -2.02. The van der Waals surface area contributed by atoms with Crippen molar-refractivity contribution in [3.05, 3.63) is 96.1 Å². The molecule has 4 aromatic rings. The summed E-state index contributed by atoms with van der Waals surface area (Å²) in [4.78, 5) is -0.418. The van der Waals surface area contributed by atoms with Crippen molar-refractivity contribution in [3.63, 3.8) is 0 Å². The van der Waals surface area contributed by atoms with E-state index in [0.29, 0.717) is 34.0 Å². The Morgan fingerprint density at radius 1 is 0.553 bits per heavy atom. The van der Waals surface area contributed by atoms with Crippen LogP contribution in [0.25, 0.3) is 11.1 Å². The van der Waals surface area contributed by atoms with Crippen LogP contribution in [-0.2, 0) is 33.5 Å². The van der Waals surface area contributed by atoms with Crippen LogP contribution in [0, 0.1) is 0 Å². The minimum atomic E-state index is -4.27. The van der Waals surface area contributed by atoms with E-state index < -0.39 is 20.2 Å². The number of hydrogen-bond donors (Lipinski definition) is 4. The van der Waals surface area contributed by atoms with E-state index in [-0.39, 0.29) is 23.0 Å². The zero-order valence-electron chi connectivity index (χ0n) is 19.8. The number of rotatable bonds is 9. The lowest BCUT2D eigenvalue weighted by atomic mass is 10.0. The van der Waals surface area contributed by atoms with Gasteiger partial charge in [0.2, 0.25) is 0 Å². The van der Waals surface area contributed by atoms with Gasteiger partial charge in [-0.15, -0.1) is 0 Å². The van der Waals surface area contributed by atoms with Gasteiger partial charge in [0.1, 0.15) is 24.7 Å². The Kier molecular flexibility index (Phi) is 7.60. The SMILES string of the molecule is Nc1ccc(-c2ccc(N)c(OCc3ccc(S(=O)(=O)O)cc3)c2)cc1OCc1ccc(S(=O)(=O)O)cc1. The molecule has 0 bridgehead atoms. The molecule has 0 spiro atoms. The average molecular weight is 557 g/mol. The Morgan fingerprint density at radius 3 is 1.21 bits per heavy atom. The van der Waals surface area contributed by atoms with Crippen molar-refractivity contribution in [2.45, 2.75) is 23.0 Å². The first-order valence-electron chi connectivity index (χ1n) is 11.1. The third kappa shape index (κ3) is 6.61. The maximum Gasteiger partial charge on any atom is 0.294 e. The van der Waals surface area contributed by atoms with Gasteiger partial charge in [-0.3, -0.25) is 9.11 Å². The Balaban J connectivity index is 1.48. The van der Waals surface area contributed by atoms with E-state index in [1.807, 2.05) is 12.1 Å². The van der Waals surface area contributed by atoms with Gasteiger partial charge in [0.05, 0.1) is 21.2 Å². The molecule has 0 aliphatic heterocycles. The maximum absolute atomic E-state index is 11.2. The summed E-state index contributed by atoms with van der Waals surface area (Å²) in [5.41, 5.74) is 15.9. The van der Waals surface area contributed by atoms with E-state index >= 15 is 0 Å². The van der Waals surface area contributed by atoms with Crippen molar-refractivity contribution in [2.75, 3.05) is 11.5 Å². The average Bonchev–Trinajstić information content (AvgIpc) is 2.87. The van der Waals surface area contributed by atoms with Gasteiger partial charge >= 0.3 is 0 Å². The predicted octanol–water partition coefficient (Wildman–Crippen LogP) is 4.17. The molecule has 0 amide bonds. The summed E-state index contributed by atoms with van der Waals surface area (Å²) < 4.78 is 74.7. The van der Waals surface area contributed by atoms with Crippen molar-refractivity contribution < 1.29 is 35.4 Å². The number of ether oxygens (including phenoxy) is 2. The van der Waals surface area contributed by atoms with Crippen LogP contribution in [0.1, 0.15) is 11.1 Å². The van der Waals surface area contributed by atoms with Gasteiger partial charge < -0.3 is 20.9 Å². The van der Waals surface area contributed by atoms with E-state index in [4.69, 9.17) is 30.0 Å². The molecule has 0 aromatic heterocycles. The summed E-state index contributed by atoms with van der Waals surface area (Å²) in [7, 11) is -8.55. The van der Waals surface area contributed by atoms with Crippen LogP contribution in [0.4, 0.5) is 11.4 Å². The molecule has 12 heteroatoms. The van der Waals surface area contributed by atoms with Crippen LogP contribution in [0.15, 0.2) is 94.7 Å². The highest BCUT2D eigenvalue weighted by Crippen LogP contribution is 2.34. The van der Waals surface area contributed by atoms with Crippen LogP contribution < -0.4 is 20.9 Å². The third-order valence-electron chi connectivity index (χ3n) is 5.59. The fraction of sp³-hybridized carbons (Fsp3) is 0.0769. The summed E-state index contributed by atoms with van der Waals surface area (Å²) in [6.07, 6.45) is 0. The summed E-state index contributed by atoms with van der Waals surface area (Å²) >= 11 is 0. The molecule has 4 aromatic carbocycles. The first kappa shape index (κ1) is 26.9. The Labute approximate surface area is 219 Å². The molecule has 0 radical (unpaired) electrons. The normalized spacial score (nSPS) is 11.7. The van der Waals surface area contributed by atoms with E-state index in [2.05, 4.69) is 0 Å². The summed E-state index contributed by atoms with van der Waals surface area (Å²) in [6, 6.07) is 21.8. The van der Waals surface area contributed by atoms with Gasteiger partial charge in [-0.1, -0.05) is 36.4 Å². The van der Waals surface area contributed by atoms with Crippen LogP contribution in [0.5, 0.6) is 11.5 Å². The van der Waals surface area contributed by atoms with Gasteiger partial charge in [0.25, 0.3) is 20.2 Å². The van der Waals surface area contributed by atoms with Crippen molar-refractivity contribution in [2.24, 2.45) is 0 Å². The van der Waals surface area contributed by atoms with Gasteiger partial charge in [-0.05, 0) is 70.8 Å². The number of nitrogens with two attached hydrogens (primary N) is 2. The van der Waals surface area contributed by atoms with Crippen molar-refractivity contribution in [3.8, 4) is 22.6 Å². The smallest absolute Gasteiger partial charge is 0.294 e. The third-order valence-corrected chi connectivity index (χ3v) is 7.33. The van der Waals surface area contributed by atoms with Gasteiger partial charge in [-0.2, -0.15) is 16.8 Å². The van der Waals surface area contributed by atoms with Crippen LogP contribution in [0.3, 0.4) is 0 Å². The van der Waals surface area contributed by atoms with E-state index in [1.54, 1.807) is 24.3 Å². The molecule has 0 aliphatic rings. The second kappa shape index (κ2) is 10.7. The lowest BCUT2D eigenvalue weighted by molar-refractivity contribution is 0.307. The highest BCUT2D eigenvalue weighted by Gasteiger charge is 2.12. The zero-order chi connectivity index (χ0) is 27.5. The van der Waals surface area contributed by atoms with E-state index in [1.165, 1.54) is 48.5 Å². The molecule has 0 saturated carbocycles. The second-order valence-corrected chi connectivity index (χ2v) is 11.2. The van der Waals surface area contributed by atoms with Gasteiger partial charge in [0, 0.05) is 0 Å². The molecule has 10 nitrogen and oxygen atoms in total. The molecule has 0 unspecified atom stereocenters. The van der Waals surface area contributed by atoms with Crippen molar-refractivity contribution >= 4 is 31.6 Å². The Morgan fingerprint density at radius 2 is 0.895 bits per heavy atom. The maximum atomic E-state index is 11.2. The van der Waals surface area contributed by atoms with Crippen LogP contribution >= 0.6 is 0 Å². The molecule has 6 N–H and O–H groups in total. The van der Waals surface area contributed by atoms with Crippen LogP contribution in [0.2, 0.25) is 0 Å². The fourth-order valence-corrected chi connectivity index (χ4v) is 4.48. The standard InChI is InChI=1S/C26H24N2O8S2/c27-23-11-5-19(13-25(23)35-15-17-1-7-21(8-2-17)37(29,30)31)20-6-12-24(28)26(14-20)36-16-18-3-9-22(10-4-18)38(32,33)34/h1-14H,15-16,27-28H2,(H,29,30,31)(H,32,33,34). The summed E-state index contributed by atoms with van der Waals surface area (Å²) in [5, 5.41) is 0. The van der Waals surface area contributed by atoms with Crippen molar-refractivity contribution in [1.82, 2.24) is 0 Å². The van der Waals surface area contributed by atoms with E-state index in [9.17, 15) is 16.8 Å². The fourth-order valence-electron chi connectivity index (χ4n) is 3.52. The summed E-state index contributed by atoms with van der Waals surface area (Å²) in [6.45, 7) is 0.234. The largest absolute Gasteiger partial charge is 0.487 e. The van der Waals surface area contributed by atoms with Crippen LogP contribution in [-0.4, -0.2) is 25.9 Å². The molecule has 0 saturated heterocycles. The molecule has 0 fully saturated rings. The Hall–Kier alpha value is -4.10. The Bertz CT molecular complexity index is 1540. The number of benzene rings is 4. The molecule has 198 valence electrons. The zero-order valence-corrected chi connectivity index (χ0v) is 21.4. The number of hydrogen-bond acceptors (Lipinski definition) is 8. The van der Waals surface area contributed by atoms with Gasteiger partial charge in [-0.25, -0.2) is 0 Å². The highest BCUT2D eigenvalue weighted by molar-refractivity contribution is 7.86. The van der Waals surface area contributed by atoms with Gasteiger partial charge in [0.15, 0.2) is 0 Å². The quantitative estimate of drug-likeness (QED) is 0.173. The molecule has 0 aliphatic carbocycles. The summed E-state index contributed by atoms with van der Waals surface area (Å²) in [5.74, 6) is 0.833. The predicted molar refractivity (Wildman–Crippen MR) is 142 cm³/mol. The first-order valence-corrected chi connectivity index (χ1v) is 14.0. The molecular formula is C26H24N2O8S2. The number of anilines is 2. The minimum Gasteiger partial charge on any atom is -0.487 e. The number of nitrogen functional groups attached to an aromatic ring is 2. The molecule has 0 heterocycles. The molecule has 4 rings (SSSR count). The molecule has 0 atom stereocenters. The molecule has 38 heavy (non-hydrogen) atoms. The second-order valence-electron chi connectivity index (χ2n) is 8.32. The monoisotopic (exact) mass is 556 g/mol. The first-order chi connectivity index (χ1) is 17.9. The van der Waals surface area contributed by atoms with E-state index in [0.717, 1.165) is 11.1 Å². The lowest BCUT2D eigenvalue weighted by Gasteiger charge is -2.14.